The number of rotatable bonds is 6. The third-order valence-electron chi connectivity index (χ3n) is 5.70. The first-order chi connectivity index (χ1) is 13.7. The Morgan fingerprint density at radius 1 is 1.00 bits per heavy atom. The fraction of sp³-hybridized carbons (Fsp3) is 0.435. The molecule has 180 valence electrons. The maximum absolute atomic E-state index is 11.7. The van der Waals surface area contributed by atoms with Crippen molar-refractivity contribution in [2.24, 2.45) is 0 Å². The number of anilines is 2. The summed E-state index contributed by atoms with van der Waals surface area (Å²) >= 11 is 0. The van der Waals surface area contributed by atoms with E-state index in [-0.39, 0.29) is 47.6 Å². The fourth-order valence-electron chi connectivity index (χ4n) is 4.10. The minimum Gasteiger partial charge on any atom is -0.493 e. The smallest absolute Gasteiger partial charge is 0.224 e. The van der Waals surface area contributed by atoms with Gasteiger partial charge < -0.3 is 25.9 Å². The number of nitrogens with zero attached hydrogens (tertiary/aromatic N) is 2. The van der Waals surface area contributed by atoms with Crippen LogP contribution in [0.2, 0.25) is 0 Å². The predicted octanol–water partition coefficient (Wildman–Crippen LogP) is 2.92. The third kappa shape index (κ3) is 7.53. The van der Waals surface area contributed by atoms with Crippen molar-refractivity contribution in [1.82, 2.24) is 4.90 Å². The van der Waals surface area contributed by atoms with Crippen molar-refractivity contribution < 1.29 is 20.5 Å². The van der Waals surface area contributed by atoms with Crippen LogP contribution in [0.4, 0.5) is 11.4 Å². The summed E-state index contributed by atoms with van der Waals surface area (Å²) in [5.74, 6) is 1.20. The van der Waals surface area contributed by atoms with E-state index in [1.54, 1.807) is 0 Å². The molecular weight excluding hydrogens is 453 g/mol. The number of piperazine rings is 1. The highest BCUT2D eigenvalue weighted by molar-refractivity contribution is 5.94. The molecule has 1 fully saturated rings. The molecule has 5 N–H and O–H groups in total. The maximum Gasteiger partial charge on any atom is 0.224 e. The van der Waals surface area contributed by atoms with Crippen LogP contribution in [-0.4, -0.2) is 61.1 Å². The van der Waals surface area contributed by atoms with Gasteiger partial charge in [0.15, 0.2) is 0 Å². The van der Waals surface area contributed by atoms with Gasteiger partial charge in [0.2, 0.25) is 5.91 Å². The Morgan fingerprint density at radius 2 is 1.69 bits per heavy atom. The number of amides is 1. The van der Waals surface area contributed by atoms with Crippen LogP contribution in [-0.2, 0) is 4.79 Å². The molecule has 0 aliphatic carbocycles. The number of nitrogens with one attached hydrogen (secondary N) is 1. The maximum atomic E-state index is 11.7. The lowest BCUT2D eigenvalue weighted by atomic mass is 9.92. The number of fused-ring (bicyclic) bond motifs is 1. The largest absolute Gasteiger partial charge is 0.493 e. The molecule has 0 saturated carbocycles. The molecule has 4 rings (SSSR count). The third-order valence-corrected chi connectivity index (χ3v) is 5.70. The van der Waals surface area contributed by atoms with Crippen molar-refractivity contribution in [2.45, 2.75) is 25.7 Å². The normalized spacial score (nSPS) is 17.3. The summed E-state index contributed by atoms with van der Waals surface area (Å²) in [5, 5.41) is 2.96. The van der Waals surface area contributed by atoms with Crippen LogP contribution in [0.3, 0.4) is 0 Å². The molecule has 1 unspecified atom stereocenters. The summed E-state index contributed by atoms with van der Waals surface area (Å²) < 4.78 is 5.94. The summed E-state index contributed by atoms with van der Waals surface area (Å²) in [6, 6.07) is 16.7. The summed E-state index contributed by atoms with van der Waals surface area (Å²) in [6.07, 6.45) is 1.57. The van der Waals surface area contributed by atoms with Gasteiger partial charge in [0.05, 0.1) is 6.61 Å². The highest BCUT2D eigenvalue weighted by atomic mass is 35.5. The van der Waals surface area contributed by atoms with Gasteiger partial charge in [-0.05, 0) is 36.1 Å². The second-order valence-electron chi connectivity index (χ2n) is 7.77. The zero-order valence-electron chi connectivity index (χ0n) is 18.4. The van der Waals surface area contributed by atoms with E-state index in [0.717, 1.165) is 50.6 Å². The number of carbonyl (C=O) groups excluding carboxylic acids is 1. The first-order valence-corrected chi connectivity index (χ1v) is 10.3. The number of benzene rings is 2. The van der Waals surface area contributed by atoms with Gasteiger partial charge in [0.1, 0.15) is 5.75 Å². The number of ether oxygens (including phenoxy) is 1. The van der Waals surface area contributed by atoms with E-state index < -0.39 is 0 Å². The second-order valence-corrected chi connectivity index (χ2v) is 7.77. The van der Waals surface area contributed by atoms with E-state index in [1.807, 2.05) is 12.1 Å². The lowest BCUT2D eigenvalue weighted by Crippen LogP contribution is -2.46. The van der Waals surface area contributed by atoms with E-state index in [2.05, 4.69) is 58.4 Å². The summed E-state index contributed by atoms with van der Waals surface area (Å²) in [5.41, 5.74) is 3.42. The first kappa shape index (κ1) is 30.0. The molecule has 1 atom stereocenters. The van der Waals surface area contributed by atoms with Gasteiger partial charge in [0, 0.05) is 56.6 Å². The van der Waals surface area contributed by atoms with Gasteiger partial charge in [-0.2, -0.15) is 0 Å². The topological polar surface area (TPSA) is 108 Å². The van der Waals surface area contributed by atoms with Gasteiger partial charge in [-0.15, -0.1) is 24.8 Å². The van der Waals surface area contributed by atoms with Crippen molar-refractivity contribution in [3.05, 3.63) is 54.1 Å². The van der Waals surface area contributed by atoms with Crippen LogP contribution in [0.1, 0.15) is 31.2 Å². The van der Waals surface area contributed by atoms with Crippen LogP contribution in [0.25, 0.3) is 0 Å². The first-order valence-electron chi connectivity index (χ1n) is 10.3. The van der Waals surface area contributed by atoms with Gasteiger partial charge in [0.25, 0.3) is 0 Å². The Bertz CT molecular complexity index is 818. The lowest BCUT2D eigenvalue weighted by Gasteiger charge is -2.36. The number of para-hydroxylation sites is 1. The minimum atomic E-state index is 0. The molecule has 2 heterocycles. The minimum absolute atomic E-state index is 0. The lowest BCUT2D eigenvalue weighted by molar-refractivity contribution is -0.116. The zero-order chi connectivity index (χ0) is 19.3. The van der Waals surface area contributed by atoms with Crippen LogP contribution in [0.15, 0.2) is 48.5 Å². The van der Waals surface area contributed by atoms with Gasteiger partial charge in [-0.25, -0.2) is 0 Å². The predicted molar refractivity (Wildman–Crippen MR) is 135 cm³/mol. The fourth-order valence-corrected chi connectivity index (χ4v) is 4.10. The highest BCUT2D eigenvalue weighted by Crippen LogP contribution is 2.34. The molecule has 9 heteroatoms. The zero-order valence-corrected chi connectivity index (χ0v) is 20.0. The SMILES string of the molecule is CC1CC(=O)Nc2cc(OCCCN3CCN(c4ccccc4)CC3)ccc21.Cl.Cl.O.O. The average Bonchev–Trinajstić information content (AvgIpc) is 2.72. The second kappa shape index (κ2) is 14.2. The Kier molecular flexibility index (Phi) is 13.3. The van der Waals surface area contributed by atoms with E-state index >= 15 is 0 Å². The quantitative estimate of drug-likeness (QED) is 0.631. The van der Waals surface area contributed by atoms with E-state index in [4.69, 9.17) is 4.74 Å². The summed E-state index contributed by atoms with van der Waals surface area (Å²) in [7, 11) is 0. The molecule has 2 aromatic carbocycles. The molecule has 1 saturated heterocycles. The molecule has 0 bridgehead atoms. The van der Waals surface area contributed by atoms with Crippen molar-refractivity contribution in [3.8, 4) is 5.75 Å². The van der Waals surface area contributed by atoms with E-state index in [1.165, 1.54) is 11.3 Å². The van der Waals surface area contributed by atoms with E-state index in [9.17, 15) is 4.79 Å². The van der Waals surface area contributed by atoms with Crippen LogP contribution >= 0.6 is 24.8 Å². The Morgan fingerprint density at radius 3 is 2.38 bits per heavy atom. The van der Waals surface area contributed by atoms with Crippen molar-refractivity contribution in [1.29, 1.82) is 0 Å². The Labute approximate surface area is 202 Å². The van der Waals surface area contributed by atoms with Crippen LogP contribution < -0.4 is 15.0 Å². The molecule has 7 nitrogen and oxygen atoms in total. The van der Waals surface area contributed by atoms with E-state index in [0.29, 0.717) is 13.0 Å². The van der Waals surface area contributed by atoms with Gasteiger partial charge in [-0.1, -0.05) is 31.2 Å². The number of carbonyl (C=O) groups is 1. The summed E-state index contributed by atoms with van der Waals surface area (Å²) in [6.45, 7) is 8.19. The standard InChI is InChI=1S/C23H29N3O2.2ClH.2H2O/c1-18-16-23(27)24-22-17-20(8-9-21(18)22)28-15-5-10-25-11-13-26(14-12-25)19-6-3-2-4-7-19;;;;/h2-4,6-9,17-18H,5,10-16H2,1H3,(H,24,27);2*1H;2*1H2. The molecule has 2 aliphatic rings. The van der Waals surface area contributed by atoms with Crippen molar-refractivity contribution >= 4 is 42.1 Å². The van der Waals surface area contributed by atoms with Crippen molar-refractivity contribution in [3.63, 3.8) is 0 Å². The Hall–Kier alpha value is -2.03. The average molecular weight is 488 g/mol. The molecule has 0 spiro atoms. The van der Waals surface area contributed by atoms with Gasteiger partial charge in [-0.3, -0.25) is 9.69 Å². The molecular formula is C23H35Cl2N3O4. The van der Waals surface area contributed by atoms with Crippen LogP contribution in [0, 0.1) is 0 Å². The molecule has 0 aromatic heterocycles. The molecule has 32 heavy (non-hydrogen) atoms. The molecule has 1 amide bonds. The summed E-state index contributed by atoms with van der Waals surface area (Å²) in [4.78, 5) is 16.7. The Balaban J connectivity index is 0.00000240. The van der Waals surface area contributed by atoms with Gasteiger partial charge >= 0.3 is 0 Å². The molecule has 2 aromatic rings. The number of hydrogen-bond donors (Lipinski definition) is 1. The highest BCUT2D eigenvalue weighted by Gasteiger charge is 2.22. The number of halogens is 2. The monoisotopic (exact) mass is 487 g/mol. The van der Waals surface area contributed by atoms with Crippen LogP contribution in [0.5, 0.6) is 5.75 Å². The number of hydrogen-bond acceptors (Lipinski definition) is 4. The molecule has 2 aliphatic heterocycles. The van der Waals surface area contributed by atoms with Crippen molar-refractivity contribution in [2.75, 3.05) is 49.5 Å². The molecule has 0 radical (unpaired) electrons.